The molecule has 1 saturated heterocycles. The Hall–Kier alpha value is -2.97. The number of carbonyl (C=O) groups excluding carboxylic acids is 2. The predicted octanol–water partition coefficient (Wildman–Crippen LogP) is 3.24. The van der Waals surface area contributed by atoms with Gasteiger partial charge in [-0.3, -0.25) is 14.6 Å². The van der Waals surface area contributed by atoms with E-state index in [1.54, 1.807) is 26.4 Å². The molecule has 1 aliphatic heterocycles. The molecule has 1 aromatic carbocycles. The van der Waals surface area contributed by atoms with Crippen molar-refractivity contribution in [1.82, 2.24) is 15.2 Å². The van der Waals surface area contributed by atoms with Gasteiger partial charge in [0.15, 0.2) is 0 Å². The lowest BCUT2D eigenvalue weighted by Crippen LogP contribution is -2.29. The van der Waals surface area contributed by atoms with E-state index < -0.39 is 0 Å². The highest BCUT2D eigenvalue weighted by Crippen LogP contribution is 2.35. The standard InChI is InChI=1S/C22H23N3O4S/c1-23-20(26)11-14-3-5-15(6-4-14)29-18-7-9-24-17-12-19(30-21(17)18)22(27)25-10-8-16(13-25)28-2/h3-7,9,12,16H,8,10-11,13H2,1-2H3,(H,23,26)/t16-/m0/s1. The van der Waals surface area contributed by atoms with E-state index in [1.807, 2.05) is 35.2 Å². The summed E-state index contributed by atoms with van der Waals surface area (Å²) < 4.78 is 12.2. The molecule has 4 rings (SSSR count). The van der Waals surface area contributed by atoms with Crippen LogP contribution < -0.4 is 10.1 Å². The van der Waals surface area contributed by atoms with Gasteiger partial charge in [0, 0.05) is 39.5 Å². The Morgan fingerprint density at radius 1 is 1.27 bits per heavy atom. The normalized spacial score (nSPS) is 16.1. The number of amides is 2. The van der Waals surface area contributed by atoms with Crippen LogP contribution in [0.1, 0.15) is 21.7 Å². The average Bonchev–Trinajstić information content (AvgIpc) is 3.42. The number of likely N-dealkylation sites (tertiary alicyclic amines) is 1. The van der Waals surface area contributed by atoms with Crippen LogP contribution in [0.4, 0.5) is 0 Å². The van der Waals surface area contributed by atoms with Crippen LogP contribution in [0.2, 0.25) is 0 Å². The number of hydrogen-bond acceptors (Lipinski definition) is 6. The lowest BCUT2D eigenvalue weighted by Gasteiger charge is -2.14. The summed E-state index contributed by atoms with van der Waals surface area (Å²) in [6.07, 6.45) is 2.96. The summed E-state index contributed by atoms with van der Waals surface area (Å²) in [5.74, 6) is 1.28. The monoisotopic (exact) mass is 425 g/mol. The first kappa shape index (κ1) is 20.3. The summed E-state index contributed by atoms with van der Waals surface area (Å²) in [5, 5.41) is 2.61. The van der Waals surface area contributed by atoms with E-state index in [2.05, 4.69) is 10.3 Å². The van der Waals surface area contributed by atoms with Crippen LogP contribution in [-0.2, 0) is 16.0 Å². The number of thiophene rings is 1. The van der Waals surface area contributed by atoms with Gasteiger partial charge in [-0.2, -0.15) is 0 Å². The second-order valence-electron chi connectivity index (χ2n) is 7.13. The molecule has 0 spiro atoms. The topological polar surface area (TPSA) is 80.8 Å². The van der Waals surface area contributed by atoms with Crippen LogP contribution in [-0.4, -0.2) is 55.0 Å². The lowest BCUT2D eigenvalue weighted by atomic mass is 10.1. The molecule has 1 atom stereocenters. The number of carbonyl (C=O) groups is 2. The summed E-state index contributed by atoms with van der Waals surface area (Å²) in [6, 6.07) is 11.0. The first-order valence-corrected chi connectivity index (χ1v) is 10.6. The maximum atomic E-state index is 12.9. The SMILES string of the molecule is CNC(=O)Cc1ccc(Oc2ccnc3cc(C(=O)N4CC[C@H](OC)C4)sc23)cc1. The van der Waals surface area contributed by atoms with Gasteiger partial charge in [0.2, 0.25) is 5.91 Å². The molecule has 1 fully saturated rings. The maximum absolute atomic E-state index is 12.9. The molecule has 2 aromatic heterocycles. The van der Waals surface area contributed by atoms with Crippen molar-refractivity contribution in [2.45, 2.75) is 18.9 Å². The first-order chi connectivity index (χ1) is 14.6. The van der Waals surface area contributed by atoms with Gasteiger partial charge in [0.05, 0.1) is 27.6 Å². The van der Waals surface area contributed by atoms with Crippen LogP contribution in [0.3, 0.4) is 0 Å². The fourth-order valence-corrected chi connectivity index (χ4v) is 4.47. The average molecular weight is 426 g/mol. The van der Waals surface area contributed by atoms with Crippen LogP contribution in [0.5, 0.6) is 11.5 Å². The zero-order chi connectivity index (χ0) is 21.1. The van der Waals surface area contributed by atoms with Crippen LogP contribution in [0.15, 0.2) is 42.6 Å². The lowest BCUT2D eigenvalue weighted by molar-refractivity contribution is -0.119. The number of benzene rings is 1. The maximum Gasteiger partial charge on any atom is 0.264 e. The van der Waals surface area contributed by atoms with E-state index >= 15 is 0 Å². The molecular formula is C22H23N3O4S. The molecule has 0 bridgehead atoms. The smallest absolute Gasteiger partial charge is 0.264 e. The molecule has 0 aliphatic carbocycles. The Morgan fingerprint density at radius 3 is 2.77 bits per heavy atom. The fraction of sp³-hybridized carbons (Fsp3) is 0.318. The molecule has 0 unspecified atom stereocenters. The highest BCUT2D eigenvalue weighted by Gasteiger charge is 2.28. The molecule has 0 saturated carbocycles. The van der Waals surface area contributed by atoms with Gasteiger partial charge in [0.1, 0.15) is 11.5 Å². The highest BCUT2D eigenvalue weighted by molar-refractivity contribution is 7.21. The van der Waals surface area contributed by atoms with E-state index in [1.165, 1.54) is 11.3 Å². The van der Waals surface area contributed by atoms with Gasteiger partial charge >= 0.3 is 0 Å². The Labute approximate surface area is 178 Å². The third-order valence-electron chi connectivity index (χ3n) is 5.15. The minimum Gasteiger partial charge on any atom is -0.456 e. The van der Waals surface area contributed by atoms with E-state index in [9.17, 15) is 9.59 Å². The molecule has 156 valence electrons. The summed E-state index contributed by atoms with van der Waals surface area (Å²) in [5.41, 5.74) is 1.64. The Morgan fingerprint density at radius 2 is 2.07 bits per heavy atom. The molecule has 1 N–H and O–H groups in total. The van der Waals surface area contributed by atoms with Gasteiger partial charge in [-0.05, 0) is 30.2 Å². The number of likely N-dealkylation sites (N-methyl/N-ethyl adjacent to an activating group) is 1. The van der Waals surface area contributed by atoms with Crippen LogP contribution >= 0.6 is 11.3 Å². The number of aromatic nitrogens is 1. The number of fused-ring (bicyclic) bond motifs is 1. The number of nitrogens with zero attached hydrogens (tertiary/aromatic N) is 2. The largest absolute Gasteiger partial charge is 0.456 e. The van der Waals surface area contributed by atoms with E-state index in [0.717, 1.165) is 22.2 Å². The van der Waals surface area contributed by atoms with Gasteiger partial charge in [0.25, 0.3) is 5.91 Å². The van der Waals surface area contributed by atoms with Crippen molar-refractivity contribution in [1.29, 1.82) is 0 Å². The molecule has 2 amide bonds. The number of nitrogens with one attached hydrogen (secondary N) is 1. The van der Waals surface area contributed by atoms with Gasteiger partial charge < -0.3 is 19.7 Å². The number of ether oxygens (including phenoxy) is 2. The van der Waals surface area contributed by atoms with Gasteiger partial charge in [-0.25, -0.2) is 0 Å². The Balaban J connectivity index is 1.52. The van der Waals surface area contributed by atoms with E-state index in [4.69, 9.17) is 9.47 Å². The second-order valence-corrected chi connectivity index (χ2v) is 8.18. The summed E-state index contributed by atoms with van der Waals surface area (Å²) in [7, 11) is 3.30. The van der Waals surface area contributed by atoms with Crippen molar-refractivity contribution >= 4 is 33.4 Å². The minimum atomic E-state index is -0.0369. The number of rotatable bonds is 6. The molecular weight excluding hydrogens is 402 g/mol. The zero-order valence-electron chi connectivity index (χ0n) is 16.9. The van der Waals surface area contributed by atoms with E-state index in [0.29, 0.717) is 35.9 Å². The third-order valence-corrected chi connectivity index (χ3v) is 6.27. The molecule has 1 aliphatic rings. The number of methoxy groups -OCH3 is 1. The third kappa shape index (κ3) is 4.29. The van der Waals surface area contributed by atoms with Crippen molar-refractivity contribution in [2.75, 3.05) is 27.2 Å². The molecule has 7 nitrogen and oxygen atoms in total. The number of hydrogen-bond donors (Lipinski definition) is 1. The molecule has 3 aromatic rings. The van der Waals surface area contributed by atoms with Crippen LogP contribution in [0.25, 0.3) is 10.2 Å². The van der Waals surface area contributed by atoms with E-state index in [-0.39, 0.29) is 17.9 Å². The fourth-order valence-electron chi connectivity index (χ4n) is 3.44. The molecule has 0 radical (unpaired) electrons. The van der Waals surface area contributed by atoms with Crippen molar-refractivity contribution in [3.63, 3.8) is 0 Å². The Kier molecular flexibility index (Phi) is 5.96. The Bertz CT molecular complexity index is 1060. The summed E-state index contributed by atoms with van der Waals surface area (Å²) in [6.45, 7) is 1.31. The molecule has 30 heavy (non-hydrogen) atoms. The van der Waals surface area contributed by atoms with Gasteiger partial charge in [-0.15, -0.1) is 11.3 Å². The van der Waals surface area contributed by atoms with Crippen molar-refractivity contribution in [3.05, 3.63) is 53.0 Å². The van der Waals surface area contributed by atoms with Gasteiger partial charge in [-0.1, -0.05) is 12.1 Å². The minimum absolute atomic E-state index is 0.00190. The summed E-state index contributed by atoms with van der Waals surface area (Å²) in [4.78, 5) is 31.2. The molecule has 8 heteroatoms. The molecule has 3 heterocycles. The predicted molar refractivity (Wildman–Crippen MR) is 115 cm³/mol. The highest BCUT2D eigenvalue weighted by atomic mass is 32.1. The summed E-state index contributed by atoms with van der Waals surface area (Å²) >= 11 is 1.39. The number of pyridine rings is 1. The quantitative estimate of drug-likeness (QED) is 0.656. The van der Waals surface area contributed by atoms with Crippen molar-refractivity contribution in [2.24, 2.45) is 0 Å². The van der Waals surface area contributed by atoms with Crippen LogP contribution in [0, 0.1) is 0 Å². The van der Waals surface area contributed by atoms with Crippen molar-refractivity contribution in [3.8, 4) is 11.5 Å². The second kappa shape index (κ2) is 8.81. The van der Waals surface area contributed by atoms with Crippen molar-refractivity contribution < 1.29 is 19.1 Å². The zero-order valence-corrected chi connectivity index (χ0v) is 17.7. The first-order valence-electron chi connectivity index (χ1n) is 9.75.